The minimum absolute atomic E-state index is 0.00361. The second-order valence-corrected chi connectivity index (χ2v) is 10.8. The maximum Gasteiger partial charge on any atom is 0.165 e. The second kappa shape index (κ2) is 10.8. The number of allylic oxidation sites excluding steroid dienone is 1. The molecule has 2 aliphatic rings. The number of anilines is 2. The number of rotatable bonds is 9. The maximum atomic E-state index is 11.9. The molecule has 0 saturated carbocycles. The number of ketones is 1. The van der Waals surface area contributed by atoms with E-state index in [0.29, 0.717) is 66.9 Å². The van der Waals surface area contributed by atoms with Crippen LogP contribution < -0.4 is 19.7 Å². The fourth-order valence-electron chi connectivity index (χ4n) is 4.95. The standard InChI is InChI=1S/C27H29Cl2N5O5/c1-5-15(35)6-14-10-39-11-18(14)31-21-7-16-17(9-30-21)32-25(33-26(16)34-12-27(2,36)13-34)22-23(28)19(37-3)8-20(38-4)24(22)29/h5,7-9,14,18,36H,1,6,10-13H2,2-4H3,(H,30,31)/t14-,18+/m0/s1. The van der Waals surface area contributed by atoms with Crippen LogP contribution in [0.5, 0.6) is 11.5 Å². The van der Waals surface area contributed by atoms with Crippen molar-refractivity contribution in [3.8, 4) is 22.9 Å². The molecule has 2 atom stereocenters. The van der Waals surface area contributed by atoms with Crippen LogP contribution in [-0.2, 0) is 9.53 Å². The van der Waals surface area contributed by atoms with Crippen LogP contribution in [0.2, 0.25) is 10.0 Å². The third kappa shape index (κ3) is 5.34. The van der Waals surface area contributed by atoms with Crippen molar-refractivity contribution in [2.75, 3.05) is 50.7 Å². The van der Waals surface area contributed by atoms with Crippen molar-refractivity contribution in [3.63, 3.8) is 0 Å². The number of fused-ring (bicyclic) bond motifs is 1. The van der Waals surface area contributed by atoms with Crippen molar-refractivity contribution in [2.24, 2.45) is 5.92 Å². The summed E-state index contributed by atoms with van der Waals surface area (Å²) in [4.78, 5) is 28.1. The van der Waals surface area contributed by atoms with Crippen molar-refractivity contribution in [3.05, 3.63) is 41.0 Å². The first-order chi connectivity index (χ1) is 18.6. The van der Waals surface area contributed by atoms with Gasteiger partial charge in [0.05, 0.1) is 66.4 Å². The first kappa shape index (κ1) is 27.4. The molecular weight excluding hydrogens is 545 g/mol. The fourth-order valence-corrected chi connectivity index (χ4v) is 5.62. The number of halogens is 2. The number of ether oxygens (including phenoxy) is 3. The van der Waals surface area contributed by atoms with E-state index in [9.17, 15) is 9.90 Å². The summed E-state index contributed by atoms with van der Waals surface area (Å²) in [6, 6.07) is 3.38. The zero-order chi connectivity index (χ0) is 27.9. The number of benzene rings is 1. The number of hydrogen-bond donors (Lipinski definition) is 2. The Morgan fingerprint density at radius 3 is 2.54 bits per heavy atom. The summed E-state index contributed by atoms with van der Waals surface area (Å²) in [5, 5.41) is 15.1. The molecule has 2 aliphatic heterocycles. The van der Waals surface area contributed by atoms with Crippen LogP contribution in [0.1, 0.15) is 13.3 Å². The Bertz CT molecular complexity index is 1410. The molecule has 0 bridgehead atoms. The maximum absolute atomic E-state index is 11.9. The van der Waals surface area contributed by atoms with Gasteiger partial charge >= 0.3 is 0 Å². The number of aliphatic hydroxyl groups is 1. The molecule has 2 N–H and O–H groups in total. The monoisotopic (exact) mass is 573 g/mol. The molecule has 12 heteroatoms. The van der Waals surface area contributed by atoms with Crippen molar-refractivity contribution >= 4 is 51.5 Å². The summed E-state index contributed by atoms with van der Waals surface area (Å²) in [5.74, 6) is 2.18. The van der Waals surface area contributed by atoms with Gasteiger partial charge in [-0.2, -0.15) is 0 Å². The molecule has 2 aromatic heterocycles. The van der Waals surface area contributed by atoms with E-state index >= 15 is 0 Å². The highest BCUT2D eigenvalue weighted by Crippen LogP contribution is 2.46. The lowest BCUT2D eigenvalue weighted by Crippen LogP contribution is -2.60. The quantitative estimate of drug-likeness (QED) is 0.361. The molecule has 1 aromatic carbocycles. The molecule has 10 nitrogen and oxygen atoms in total. The Morgan fingerprint density at radius 2 is 1.92 bits per heavy atom. The molecule has 2 saturated heterocycles. The summed E-state index contributed by atoms with van der Waals surface area (Å²) in [6.45, 7) is 7.05. The van der Waals surface area contributed by atoms with E-state index in [0.717, 1.165) is 5.39 Å². The third-order valence-electron chi connectivity index (χ3n) is 6.94. The molecule has 2 fully saturated rings. The topological polar surface area (TPSA) is 119 Å². The lowest BCUT2D eigenvalue weighted by atomic mass is 9.96. The van der Waals surface area contributed by atoms with Crippen LogP contribution in [0.4, 0.5) is 11.6 Å². The van der Waals surface area contributed by atoms with Gasteiger partial charge in [0.25, 0.3) is 0 Å². The van der Waals surface area contributed by atoms with Crippen molar-refractivity contribution in [2.45, 2.75) is 25.0 Å². The first-order valence-electron chi connectivity index (χ1n) is 12.4. The van der Waals surface area contributed by atoms with Gasteiger partial charge in [-0.05, 0) is 19.1 Å². The molecular formula is C27H29Cl2N5O5. The largest absolute Gasteiger partial charge is 0.495 e. The van der Waals surface area contributed by atoms with Crippen LogP contribution >= 0.6 is 23.2 Å². The lowest BCUT2D eigenvalue weighted by molar-refractivity contribution is -0.115. The van der Waals surface area contributed by atoms with E-state index in [1.165, 1.54) is 20.3 Å². The number of hydrogen-bond acceptors (Lipinski definition) is 10. The molecule has 0 radical (unpaired) electrons. The number of pyridine rings is 1. The predicted molar refractivity (Wildman–Crippen MR) is 150 cm³/mol. The number of aromatic nitrogens is 3. The van der Waals surface area contributed by atoms with E-state index in [2.05, 4.69) is 16.9 Å². The Kier molecular flexibility index (Phi) is 7.56. The Balaban J connectivity index is 1.58. The van der Waals surface area contributed by atoms with Crippen molar-refractivity contribution in [1.82, 2.24) is 15.0 Å². The molecule has 0 spiro atoms. The Hall–Kier alpha value is -3.18. The molecule has 4 heterocycles. The predicted octanol–water partition coefficient (Wildman–Crippen LogP) is 4.16. The highest BCUT2D eigenvalue weighted by molar-refractivity contribution is 6.41. The number of nitrogens with zero attached hydrogens (tertiary/aromatic N) is 4. The molecule has 39 heavy (non-hydrogen) atoms. The third-order valence-corrected chi connectivity index (χ3v) is 7.69. The second-order valence-electron chi connectivity index (χ2n) is 10.0. The van der Waals surface area contributed by atoms with E-state index in [1.54, 1.807) is 19.2 Å². The average Bonchev–Trinajstić information content (AvgIpc) is 3.33. The summed E-state index contributed by atoms with van der Waals surface area (Å²) in [6.07, 6.45) is 3.33. The van der Waals surface area contributed by atoms with E-state index < -0.39 is 5.60 Å². The van der Waals surface area contributed by atoms with Gasteiger partial charge in [0.2, 0.25) is 0 Å². The lowest BCUT2D eigenvalue weighted by Gasteiger charge is -2.45. The van der Waals surface area contributed by atoms with Crippen LogP contribution in [0.25, 0.3) is 22.3 Å². The number of nitrogens with one attached hydrogen (secondary N) is 1. The molecule has 5 rings (SSSR count). The van der Waals surface area contributed by atoms with Gasteiger partial charge in [0.15, 0.2) is 11.6 Å². The van der Waals surface area contributed by atoms with E-state index in [1.807, 2.05) is 11.0 Å². The van der Waals surface area contributed by atoms with Crippen LogP contribution in [0.15, 0.2) is 31.0 Å². The molecule has 206 valence electrons. The minimum atomic E-state index is -0.841. The molecule has 0 unspecified atom stereocenters. The van der Waals surface area contributed by atoms with Gasteiger partial charge in [-0.15, -0.1) is 0 Å². The summed E-state index contributed by atoms with van der Waals surface area (Å²) in [7, 11) is 3.00. The zero-order valence-electron chi connectivity index (χ0n) is 21.8. The van der Waals surface area contributed by atoms with Crippen molar-refractivity contribution < 1.29 is 24.1 Å². The Morgan fingerprint density at radius 1 is 1.23 bits per heavy atom. The smallest absolute Gasteiger partial charge is 0.165 e. The van der Waals surface area contributed by atoms with Crippen molar-refractivity contribution in [1.29, 1.82) is 0 Å². The van der Waals surface area contributed by atoms with Gasteiger partial charge in [-0.3, -0.25) is 4.79 Å². The fraction of sp³-hybridized carbons (Fsp3) is 0.407. The normalized spacial score (nSPS) is 20.0. The van der Waals surface area contributed by atoms with Gasteiger partial charge in [0, 0.05) is 36.9 Å². The molecule has 0 amide bonds. The SMILES string of the molecule is C=CC(=O)C[C@H]1COC[C@H]1Nc1cc2c(N3CC(C)(O)C3)nc(-c3c(Cl)c(OC)cc(OC)c3Cl)nc2cn1. The van der Waals surface area contributed by atoms with Crippen LogP contribution in [0.3, 0.4) is 0 Å². The van der Waals surface area contributed by atoms with Crippen LogP contribution in [0, 0.1) is 5.92 Å². The molecule has 0 aliphatic carbocycles. The van der Waals surface area contributed by atoms with Gasteiger partial charge in [0.1, 0.15) is 23.1 Å². The highest BCUT2D eigenvalue weighted by atomic mass is 35.5. The molecule has 3 aromatic rings. The van der Waals surface area contributed by atoms with Gasteiger partial charge in [-0.1, -0.05) is 29.8 Å². The number of carbonyl (C=O) groups is 1. The summed E-state index contributed by atoms with van der Waals surface area (Å²) < 4.78 is 16.5. The Labute approximate surface area is 235 Å². The van der Waals surface area contributed by atoms with Gasteiger partial charge < -0.3 is 29.5 Å². The first-order valence-corrected chi connectivity index (χ1v) is 13.1. The number of β-amino-alcohol motifs (C(OH)–C–C–N with tert-alkyl or cyclic N) is 1. The number of carbonyl (C=O) groups excluding carboxylic acids is 1. The van der Waals surface area contributed by atoms with Gasteiger partial charge in [-0.25, -0.2) is 15.0 Å². The summed E-state index contributed by atoms with van der Waals surface area (Å²) >= 11 is 13.3. The summed E-state index contributed by atoms with van der Waals surface area (Å²) in [5.41, 5.74) is 0.0821. The highest BCUT2D eigenvalue weighted by Gasteiger charge is 2.39. The van der Waals surface area contributed by atoms with E-state index in [-0.39, 0.29) is 33.6 Å². The zero-order valence-corrected chi connectivity index (χ0v) is 23.3. The minimum Gasteiger partial charge on any atom is -0.495 e. The average molecular weight is 574 g/mol. The number of methoxy groups -OCH3 is 2. The van der Waals surface area contributed by atoms with Crippen LogP contribution in [-0.4, -0.2) is 78.0 Å². The van der Waals surface area contributed by atoms with E-state index in [4.69, 9.17) is 47.4 Å².